The van der Waals surface area contributed by atoms with Crippen LogP contribution in [-0.2, 0) is 37.5 Å². The van der Waals surface area contributed by atoms with Gasteiger partial charge in [0.2, 0.25) is 0 Å². The van der Waals surface area contributed by atoms with Crippen LogP contribution in [0.4, 0.5) is 0 Å². The van der Waals surface area contributed by atoms with E-state index in [0.29, 0.717) is 12.8 Å². The van der Waals surface area contributed by atoms with Crippen LogP contribution in [0, 0.1) is 0 Å². The number of rotatable bonds is 41. The number of ether oxygens (including phenoxy) is 2. The van der Waals surface area contributed by atoms with Crippen LogP contribution in [0.15, 0.2) is 12.2 Å². The molecule has 0 amide bonds. The molecule has 0 aliphatic rings. The minimum atomic E-state index is -4.96. The van der Waals surface area contributed by atoms with Gasteiger partial charge in [0.25, 0.3) is 7.82 Å². The summed E-state index contributed by atoms with van der Waals surface area (Å²) in [6.07, 6.45) is 36.8. The van der Waals surface area contributed by atoms with Crippen LogP contribution < -0.4 is 40.2 Å². The summed E-state index contributed by atoms with van der Waals surface area (Å²) < 4.78 is 32.3. The van der Waals surface area contributed by atoms with E-state index >= 15 is 0 Å². The van der Waals surface area contributed by atoms with E-state index < -0.39 is 51.1 Å². The summed E-state index contributed by atoms with van der Waals surface area (Å²) >= 11 is 0. The number of unbranched alkanes of at least 4 members (excludes halogenated alkanes) is 25. The predicted molar refractivity (Wildman–Crippen MR) is 215 cm³/mol. The fourth-order valence-corrected chi connectivity index (χ4v) is 6.82. The maximum atomic E-state index is 12.6. The molecule has 0 heterocycles. The van der Waals surface area contributed by atoms with Crippen LogP contribution >= 0.6 is 7.82 Å². The molecule has 0 aromatic heterocycles. The van der Waals surface area contributed by atoms with E-state index in [4.69, 9.17) is 24.8 Å². The van der Waals surface area contributed by atoms with Gasteiger partial charge in [0.05, 0.1) is 13.2 Å². The third kappa shape index (κ3) is 41.2. The molecule has 0 radical (unpaired) electrons. The molecule has 55 heavy (non-hydrogen) atoms. The monoisotopic (exact) mass is 812 g/mol. The van der Waals surface area contributed by atoms with Gasteiger partial charge >= 0.3 is 47.5 Å². The molecule has 0 aliphatic heterocycles. The Morgan fingerprint density at radius 1 is 0.582 bits per heavy atom. The number of carbonyl (C=O) groups excluding carboxylic acids is 2. The second-order valence-corrected chi connectivity index (χ2v) is 16.2. The van der Waals surface area contributed by atoms with Crippen LogP contribution in [0.2, 0.25) is 0 Å². The maximum absolute atomic E-state index is 12.6. The molecule has 0 saturated carbocycles. The van der Waals surface area contributed by atoms with Crippen LogP contribution in [0.5, 0.6) is 0 Å². The van der Waals surface area contributed by atoms with Crippen LogP contribution in [0.25, 0.3) is 0 Å². The Hall–Kier alpha value is -0.780. The maximum Gasteiger partial charge on any atom is 1.00 e. The number of allylic oxidation sites excluding steroid dienone is 2. The van der Waals surface area contributed by atoms with Crippen molar-refractivity contribution in [1.29, 1.82) is 0 Å². The van der Waals surface area contributed by atoms with Crippen molar-refractivity contribution in [3.63, 3.8) is 0 Å². The summed E-state index contributed by atoms with van der Waals surface area (Å²) in [6, 6.07) is -1.56. The van der Waals surface area contributed by atoms with Gasteiger partial charge in [0, 0.05) is 12.8 Å². The minimum absolute atomic E-state index is 0. The molecule has 0 bridgehead atoms. The average Bonchev–Trinajstić information content (AvgIpc) is 3.14. The summed E-state index contributed by atoms with van der Waals surface area (Å²) in [4.78, 5) is 48.1. The van der Waals surface area contributed by atoms with Gasteiger partial charge in [0.1, 0.15) is 12.6 Å². The Bertz CT molecular complexity index is 986. The molecule has 0 aromatic rings. The topological polar surface area (TPSA) is 175 Å². The van der Waals surface area contributed by atoms with Gasteiger partial charge in [-0.05, 0) is 38.5 Å². The van der Waals surface area contributed by atoms with E-state index in [2.05, 4.69) is 30.5 Å². The molecule has 3 N–H and O–H groups in total. The Kier molecular flexibility index (Phi) is 42.4. The van der Waals surface area contributed by atoms with Crippen molar-refractivity contribution in [1.82, 2.24) is 0 Å². The van der Waals surface area contributed by atoms with Crippen molar-refractivity contribution >= 4 is 25.7 Å². The molecule has 11 nitrogen and oxygen atoms in total. The first kappa shape index (κ1) is 56.3. The van der Waals surface area contributed by atoms with Gasteiger partial charge in [-0.25, -0.2) is 0 Å². The van der Waals surface area contributed by atoms with E-state index in [0.717, 1.165) is 57.8 Å². The Labute approximate surface area is 357 Å². The van der Waals surface area contributed by atoms with Gasteiger partial charge in [-0.2, -0.15) is 0 Å². The Morgan fingerprint density at radius 2 is 0.945 bits per heavy atom. The average molecular weight is 812 g/mol. The number of carbonyl (C=O) groups is 3. The van der Waals surface area contributed by atoms with Gasteiger partial charge in [-0.1, -0.05) is 167 Å². The third-order valence-electron chi connectivity index (χ3n) is 9.50. The van der Waals surface area contributed by atoms with Gasteiger partial charge < -0.3 is 34.3 Å². The predicted octanol–water partition coefficient (Wildman–Crippen LogP) is 7.66. The van der Waals surface area contributed by atoms with Crippen molar-refractivity contribution in [2.75, 3.05) is 19.8 Å². The molecular formula is C42H79NNaO10P. The van der Waals surface area contributed by atoms with Crippen molar-refractivity contribution < 1.29 is 77.0 Å². The van der Waals surface area contributed by atoms with Crippen molar-refractivity contribution in [2.24, 2.45) is 5.73 Å². The number of aliphatic carboxylic acids is 1. The van der Waals surface area contributed by atoms with Crippen molar-refractivity contribution in [3.8, 4) is 0 Å². The molecule has 13 heteroatoms. The molecule has 0 rings (SSSR count). The van der Waals surface area contributed by atoms with Crippen molar-refractivity contribution in [2.45, 2.75) is 219 Å². The summed E-state index contributed by atoms with van der Waals surface area (Å²) in [5.74, 6) is -2.44. The molecule has 0 aromatic carbocycles. The second-order valence-electron chi connectivity index (χ2n) is 14.8. The summed E-state index contributed by atoms with van der Waals surface area (Å²) in [5.41, 5.74) is 5.30. The zero-order valence-corrected chi connectivity index (χ0v) is 38.2. The fraction of sp³-hybridized carbons (Fsp3) is 0.881. The third-order valence-corrected chi connectivity index (χ3v) is 10.4. The Balaban J connectivity index is 0. The quantitative estimate of drug-likeness (QED) is 0.0204. The molecule has 0 saturated heterocycles. The van der Waals surface area contributed by atoms with Crippen molar-refractivity contribution in [3.05, 3.63) is 12.2 Å². The van der Waals surface area contributed by atoms with Gasteiger partial charge in [-0.3, -0.25) is 18.9 Å². The van der Waals surface area contributed by atoms with Crippen LogP contribution in [0.3, 0.4) is 0 Å². The standard InChI is InChI=1S/C42H80NO10P.Na/c1-3-5-7-9-11-13-15-17-19-21-23-25-27-29-31-33-40(44)50-35-38(36-51-54(48,49)52-37-39(43)42(46)47)53-41(45)34-32-30-28-26-24-22-20-18-16-14-12-10-8-6-4-2;/h18,20,38-39H,3-17,19,21-37,43H2,1-2H3,(H,46,47)(H,48,49);/q;+1/p-1. The Morgan fingerprint density at radius 3 is 1.36 bits per heavy atom. The molecule has 3 unspecified atom stereocenters. The normalized spacial score (nSPS) is 13.6. The smallest absolute Gasteiger partial charge is 0.756 e. The number of carboxylic acids is 1. The number of phosphoric ester groups is 1. The second kappa shape index (κ2) is 41.4. The SMILES string of the molecule is CCCCCCCCC=CCCCCCCCC(=O)OC(COC(=O)CCCCCCCCCCCCCCCCC)COP(=O)([O-])OCC(N)C(=O)O.[Na+]. The van der Waals surface area contributed by atoms with Crippen LogP contribution in [0.1, 0.15) is 206 Å². The first-order valence-corrected chi connectivity index (χ1v) is 23.2. The first-order valence-electron chi connectivity index (χ1n) is 21.7. The van der Waals surface area contributed by atoms with Gasteiger partial charge in [0.15, 0.2) is 6.10 Å². The van der Waals surface area contributed by atoms with E-state index in [9.17, 15) is 23.8 Å². The number of esters is 2. The number of hydrogen-bond donors (Lipinski definition) is 2. The minimum Gasteiger partial charge on any atom is -0.756 e. The largest absolute Gasteiger partial charge is 1.00 e. The molecule has 0 spiro atoms. The first-order chi connectivity index (χ1) is 26.1. The molecule has 0 aliphatic carbocycles. The summed E-state index contributed by atoms with van der Waals surface area (Å²) in [6.45, 7) is 2.65. The van der Waals surface area contributed by atoms with E-state index in [1.165, 1.54) is 109 Å². The van der Waals surface area contributed by atoms with Crippen LogP contribution in [-0.4, -0.2) is 55.0 Å². The number of carboxylic acid groups (broad SMARTS) is 1. The zero-order valence-electron chi connectivity index (χ0n) is 35.3. The number of hydrogen-bond acceptors (Lipinski definition) is 10. The molecule has 0 fully saturated rings. The molecule has 318 valence electrons. The number of phosphoric acid groups is 1. The molecule has 3 atom stereocenters. The summed E-state index contributed by atoms with van der Waals surface area (Å²) in [7, 11) is -4.96. The molecular weight excluding hydrogens is 732 g/mol. The summed E-state index contributed by atoms with van der Waals surface area (Å²) in [5, 5.41) is 8.86. The number of nitrogens with two attached hydrogens (primary N) is 1. The van der Waals surface area contributed by atoms with Gasteiger partial charge in [-0.15, -0.1) is 0 Å². The van der Waals surface area contributed by atoms with E-state index in [1.807, 2.05) is 0 Å². The zero-order chi connectivity index (χ0) is 40.0. The van der Waals surface area contributed by atoms with E-state index in [-0.39, 0.29) is 49.0 Å². The fourth-order valence-electron chi connectivity index (χ4n) is 6.05. The van der Waals surface area contributed by atoms with E-state index in [1.54, 1.807) is 0 Å².